The summed E-state index contributed by atoms with van der Waals surface area (Å²) in [5.41, 5.74) is 0. The SMILES string of the molecule is CCCCCCCCCCCCC/C=C\CCCOP(=O)(O)C(CCC)[N+](C)(C)C. The van der Waals surface area contributed by atoms with Gasteiger partial charge in [0.1, 0.15) is 0 Å². The Bertz CT molecular complexity index is 460. The first-order valence-corrected chi connectivity index (χ1v) is 14.3. The molecule has 5 heteroatoms. The van der Waals surface area contributed by atoms with Crippen LogP contribution in [0, 0.1) is 0 Å². The average Bonchev–Trinajstić information content (AvgIpc) is 2.67. The number of hydrogen-bond donors (Lipinski definition) is 1. The van der Waals surface area contributed by atoms with E-state index in [0.717, 1.165) is 25.7 Å². The van der Waals surface area contributed by atoms with E-state index in [4.69, 9.17) is 4.52 Å². The summed E-state index contributed by atoms with van der Waals surface area (Å²) in [7, 11) is 2.30. The van der Waals surface area contributed by atoms with Crippen LogP contribution in [-0.2, 0) is 9.09 Å². The fourth-order valence-corrected chi connectivity index (χ4v) is 5.91. The number of allylic oxidation sites excluding steroid dienone is 2. The van der Waals surface area contributed by atoms with Crippen LogP contribution >= 0.6 is 7.60 Å². The van der Waals surface area contributed by atoms with Crippen LogP contribution in [0.25, 0.3) is 0 Å². The Balaban J connectivity index is 3.64. The van der Waals surface area contributed by atoms with Crippen LogP contribution in [0.15, 0.2) is 12.2 Å². The first kappa shape index (κ1) is 29.9. The molecule has 0 spiro atoms. The van der Waals surface area contributed by atoms with Gasteiger partial charge in [-0.3, -0.25) is 4.57 Å². The summed E-state index contributed by atoms with van der Waals surface area (Å²) in [4.78, 5) is 10.4. The lowest BCUT2D eigenvalue weighted by Crippen LogP contribution is -2.45. The van der Waals surface area contributed by atoms with Crippen LogP contribution in [0.1, 0.15) is 117 Å². The lowest BCUT2D eigenvalue weighted by molar-refractivity contribution is -0.883. The third kappa shape index (κ3) is 16.5. The largest absolute Gasteiger partial charge is 0.385 e. The summed E-state index contributed by atoms with van der Waals surface area (Å²) in [6.07, 6.45) is 24.1. The van der Waals surface area contributed by atoms with Crippen molar-refractivity contribution in [3.8, 4) is 0 Å². The molecule has 180 valence electrons. The highest BCUT2D eigenvalue weighted by molar-refractivity contribution is 7.53. The smallest absolute Gasteiger partial charge is 0.320 e. The summed E-state index contributed by atoms with van der Waals surface area (Å²) in [5, 5.41) is 0. The topological polar surface area (TPSA) is 46.5 Å². The minimum absolute atomic E-state index is 0.348. The van der Waals surface area contributed by atoms with Gasteiger partial charge >= 0.3 is 7.60 Å². The summed E-state index contributed by atoms with van der Waals surface area (Å²) < 4.78 is 18.5. The number of unbranched alkanes of at least 4 members (excludes halogenated alkanes) is 12. The van der Waals surface area contributed by atoms with Gasteiger partial charge < -0.3 is 13.9 Å². The van der Waals surface area contributed by atoms with Gasteiger partial charge in [-0.1, -0.05) is 90.2 Å². The molecule has 0 aliphatic heterocycles. The molecule has 0 aliphatic rings. The van der Waals surface area contributed by atoms with E-state index in [1.807, 2.05) is 28.1 Å². The van der Waals surface area contributed by atoms with Crippen molar-refractivity contribution in [1.29, 1.82) is 0 Å². The summed E-state index contributed by atoms with van der Waals surface area (Å²) in [6, 6.07) is 0. The van der Waals surface area contributed by atoms with Gasteiger partial charge in [0.25, 0.3) is 0 Å². The fourth-order valence-electron chi connectivity index (χ4n) is 3.89. The molecule has 2 unspecified atom stereocenters. The van der Waals surface area contributed by atoms with Gasteiger partial charge in [0.15, 0.2) is 5.78 Å². The molecule has 2 atom stereocenters. The maximum atomic E-state index is 12.6. The van der Waals surface area contributed by atoms with Crippen molar-refractivity contribution in [3.05, 3.63) is 12.2 Å². The van der Waals surface area contributed by atoms with Gasteiger partial charge in [-0.15, -0.1) is 0 Å². The third-order valence-electron chi connectivity index (χ3n) is 5.75. The summed E-state index contributed by atoms with van der Waals surface area (Å²) >= 11 is 0. The van der Waals surface area contributed by atoms with Crippen LogP contribution in [-0.4, -0.2) is 42.9 Å². The van der Waals surface area contributed by atoms with Crippen LogP contribution < -0.4 is 0 Å². The second-order valence-corrected chi connectivity index (χ2v) is 11.7. The zero-order chi connectivity index (χ0) is 22.7. The molecule has 0 rings (SSSR count). The first-order valence-electron chi connectivity index (χ1n) is 12.7. The van der Waals surface area contributed by atoms with Crippen molar-refractivity contribution in [2.75, 3.05) is 27.7 Å². The monoisotopic (exact) mass is 446 g/mol. The predicted molar refractivity (Wildman–Crippen MR) is 132 cm³/mol. The summed E-state index contributed by atoms with van der Waals surface area (Å²) in [6.45, 7) is 4.68. The van der Waals surface area contributed by atoms with Crippen molar-refractivity contribution < 1.29 is 18.5 Å². The Morgan fingerprint density at radius 3 is 1.70 bits per heavy atom. The molecule has 0 aliphatic carbocycles. The van der Waals surface area contributed by atoms with Crippen molar-refractivity contribution in [1.82, 2.24) is 0 Å². The molecule has 0 bridgehead atoms. The zero-order valence-electron chi connectivity index (χ0n) is 20.9. The van der Waals surface area contributed by atoms with E-state index < -0.39 is 7.60 Å². The van der Waals surface area contributed by atoms with Crippen molar-refractivity contribution in [2.24, 2.45) is 0 Å². The number of rotatable bonds is 21. The Morgan fingerprint density at radius 2 is 1.23 bits per heavy atom. The third-order valence-corrected chi connectivity index (χ3v) is 8.01. The standard InChI is InChI=1S/C25H52NO3P/c1-6-8-9-10-11-12-13-14-15-16-17-18-19-20-21-22-24-29-30(27,28)25(23-7-2)26(3,4)5/h19-20,25H,6-18,21-24H2,1-5H3/p+1/b20-19-. The van der Waals surface area contributed by atoms with Gasteiger partial charge in [-0.05, 0) is 32.1 Å². The van der Waals surface area contributed by atoms with E-state index in [-0.39, 0.29) is 5.78 Å². The number of quaternary nitrogens is 1. The van der Waals surface area contributed by atoms with Crippen LogP contribution in [0.2, 0.25) is 0 Å². The second kappa shape index (κ2) is 18.4. The molecule has 4 nitrogen and oxygen atoms in total. The molecule has 0 saturated heterocycles. The summed E-state index contributed by atoms with van der Waals surface area (Å²) in [5.74, 6) is -0.348. The molecule has 0 radical (unpaired) electrons. The lowest BCUT2D eigenvalue weighted by atomic mass is 10.1. The van der Waals surface area contributed by atoms with Crippen molar-refractivity contribution in [2.45, 2.75) is 122 Å². The first-order chi connectivity index (χ1) is 14.3. The second-order valence-electron chi connectivity index (χ2n) is 9.72. The zero-order valence-corrected chi connectivity index (χ0v) is 21.8. The van der Waals surface area contributed by atoms with E-state index in [1.54, 1.807) is 0 Å². The maximum absolute atomic E-state index is 12.6. The Labute approximate surface area is 188 Å². The van der Waals surface area contributed by atoms with Crippen LogP contribution in [0.4, 0.5) is 0 Å². The quantitative estimate of drug-likeness (QED) is 0.0839. The van der Waals surface area contributed by atoms with Gasteiger partial charge in [0.05, 0.1) is 27.7 Å². The van der Waals surface area contributed by atoms with Crippen LogP contribution in [0.3, 0.4) is 0 Å². The van der Waals surface area contributed by atoms with E-state index in [1.165, 1.54) is 70.6 Å². The molecule has 0 fully saturated rings. The lowest BCUT2D eigenvalue weighted by Gasteiger charge is -2.35. The molecular weight excluding hydrogens is 393 g/mol. The van der Waals surface area contributed by atoms with Gasteiger partial charge in [0.2, 0.25) is 0 Å². The normalized spacial score (nSPS) is 15.5. The number of hydrogen-bond acceptors (Lipinski definition) is 2. The number of nitrogens with zero attached hydrogens (tertiary/aromatic N) is 1. The molecule has 1 N–H and O–H groups in total. The molecule has 0 saturated carbocycles. The van der Waals surface area contributed by atoms with E-state index in [0.29, 0.717) is 17.5 Å². The molecule has 0 aromatic rings. The van der Waals surface area contributed by atoms with Crippen LogP contribution in [0.5, 0.6) is 0 Å². The van der Waals surface area contributed by atoms with E-state index >= 15 is 0 Å². The van der Waals surface area contributed by atoms with E-state index in [9.17, 15) is 9.46 Å². The minimum Gasteiger partial charge on any atom is -0.320 e. The highest BCUT2D eigenvalue weighted by atomic mass is 31.2. The fraction of sp³-hybridized carbons (Fsp3) is 0.920. The van der Waals surface area contributed by atoms with Crippen molar-refractivity contribution >= 4 is 7.60 Å². The van der Waals surface area contributed by atoms with Crippen molar-refractivity contribution in [3.63, 3.8) is 0 Å². The average molecular weight is 447 g/mol. The molecule has 30 heavy (non-hydrogen) atoms. The molecule has 0 aromatic heterocycles. The van der Waals surface area contributed by atoms with Gasteiger partial charge in [0, 0.05) is 6.42 Å². The highest BCUT2D eigenvalue weighted by Crippen LogP contribution is 2.51. The van der Waals surface area contributed by atoms with Gasteiger partial charge in [-0.2, -0.15) is 0 Å². The minimum atomic E-state index is -3.58. The van der Waals surface area contributed by atoms with E-state index in [2.05, 4.69) is 19.1 Å². The highest BCUT2D eigenvalue weighted by Gasteiger charge is 2.41. The Morgan fingerprint density at radius 1 is 0.767 bits per heavy atom. The molecule has 0 heterocycles. The molecule has 0 aromatic carbocycles. The Kier molecular flexibility index (Phi) is 18.3. The molecular formula is C25H53NO3P+. The maximum Gasteiger partial charge on any atom is 0.385 e. The molecule has 0 amide bonds. The van der Waals surface area contributed by atoms with Gasteiger partial charge in [-0.25, -0.2) is 0 Å². The predicted octanol–water partition coefficient (Wildman–Crippen LogP) is 8.06. The Hall–Kier alpha value is -0.150.